The second kappa shape index (κ2) is 13.6. The molecular formula is C30H37N7OS. The van der Waals surface area contributed by atoms with Gasteiger partial charge in [0.15, 0.2) is 0 Å². The number of rotatable bonds is 6. The molecule has 1 aromatic carbocycles. The van der Waals surface area contributed by atoms with Crippen molar-refractivity contribution in [3.63, 3.8) is 0 Å². The molecule has 2 unspecified atom stereocenters. The summed E-state index contributed by atoms with van der Waals surface area (Å²) in [4.78, 5) is 21.2. The molecule has 0 bridgehead atoms. The van der Waals surface area contributed by atoms with Crippen LogP contribution in [0, 0.1) is 10.8 Å². The number of aldehydes is 1. The molecular weight excluding hydrogens is 506 g/mol. The van der Waals surface area contributed by atoms with E-state index >= 15 is 0 Å². The number of piperazine rings is 1. The first kappa shape index (κ1) is 28.6. The zero-order valence-corrected chi connectivity index (χ0v) is 23.7. The van der Waals surface area contributed by atoms with E-state index in [4.69, 9.17) is 10.8 Å². The third-order valence-electron chi connectivity index (χ3n) is 7.08. The highest BCUT2D eigenvalue weighted by atomic mass is 32.2. The van der Waals surface area contributed by atoms with Crippen LogP contribution in [0.3, 0.4) is 0 Å². The van der Waals surface area contributed by atoms with Crippen molar-refractivity contribution in [3.05, 3.63) is 83.6 Å². The highest BCUT2D eigenvalue weighted by Crippen LogP contribution is 2.32. The molecule has 1 saturated heterocycles. The molecule has 4 heterocycles. The molecule has 2 atom stereocenters. The SMILES string of the molecule is CCC(C)N1CCN(C)CC1.N=C(Cc1ccc2ncccc2c1)n1nc(C2=CC=CC(C=O)S2)ccc1=N. The highest BCUT2D eigenvalue weighted by molar-refractivity contribution is 8.09. The number of benzene rings is 1. The Hall–Kier alpha value is -3.40. The first-order valence-electron chi connectivity index (χ1n) is 13.4. The topological polar surface area (TPSA) is 102 Å². The number of carbonyl (C=O) groups excluding carboxylic acids is 1. The number of thioether (sulfide) groups is 1. The van der Waals surface area contributed by atoms with Crippen molar-refractivity contribution in [2.24, 2.45) is 0 Å². The maximum absolute atomic E-state index is 11.1. The van der Waals surface area contributed by atoms with Crippen LogP contribution in [0.5, 0.6) is 0 Å². The van der Waals surface area contributed by atoms with Gasteiger partial charge in [-0.3, -0.25) is 20.7 Å². The molecule has 2 aromatic heterocycles. The maximum atomic E-state index is 11.1. The average Bonchev–Trinajstić information content (AvgIpc) is 2.97. The molecule has 0 aliphatic carbocycles. The van der Waals surface area contributed by atoms with Gasteiger partial charge < -0.3 is 9.69 Å². The number of carbonyl (C=O) groups is 1. The van der Waals surface area contributed by atoms with Gasteiger partial charge in [0, 0.05) is 55.1 Å². The normalized spacial score (nSPS) is 18.6. The van der Waals surface area contributed by atoms with Gasteiger partial charge in [-0.15, -0.1) is 11.8 Å². The molecule has 39 heavy (non-hydrogen) atoms. The zero-order chi connectivity index (χ0) is 27.8. The molecule has 8 nitrogen and oxygen atoms in total. The number of likely N-dealkylation sites (N-methyl/N-ethyl adjacent to an activating group) is 1. The number of pyridine rings is 1. The number of hydrogen-bond donors (Lipinski definition) is 2. The molecule has 3 aromatic rings. The second-order valence-corrected chi connectivity index (χ2v) is 11.1. The van der Waals surface area contributed by atoms with E-state index in [2.05, 4.69) is 40.8 Å². The monoisotopic (exact) mass is 543 g/mol. The summed E-state index contributed by atoms with van der Waals surface area (Å²) in [5.41, 5.74) is 2.65. The largest absolute Gasteiger partial charge is 0.304 e. The van der Waals surface area contributed by atoms with Crippen LogP contribution in [0.4, 0.5) is 0 Å². The summed E-state index contributed by atoms with van der Waals surface area (Å²) in [6.07, 6.45) is 9.82. The van der Waals surface area contributed by atoms with E-state index in [0.29, 0.717) is 12.1 Å². The van der Waals surface area contributed by atoms with E-state index in [9.17, 15) is 4.79 Å². The zero-order valence-electron chi connectivity index (χ0n) is 22.9. The van der Waals surface area contributed by atoms with Gasteiger partial charge >= 0.3 is 0 Å². The van der Waals surface area contributed by atoms with Crippen LogP contribution in [0.25, 0.3) is 15.8 Å². The second-order valence-electron chi connectivity index (χ2n) is 9.90. The van der Waals surface area contributed by atoms with Crippen LogP contribution in [0.2, 0.25) is 0 Å². The predicted molar refractivity (Wildman–Crippen MR) is 160 cm³/mol. The van der Waals surface area contributed by atoms with Crippen molar-refractivity contribution < 1.29 is 4.79 Å². The van der Waals surface area contributed by atoms with E-state index < -0.39 is 0 Å². The lowest BCUT2D eigenvalue weighted by molar-refractivity contribution is -0.106. The molecule has 5 rings (SSSR count). The Morgan fingerprint density at radius 1 is 1.18 bits per heavy atom. The standard InChI is InChI=1S/C21H17N5OS.C9H20N2/c22-20-9-8-18(19-5-1-4-16(13-27)28-19)25-26(20)21(23)12-14-6-7-17-15(11-14)3-2-10-24-17;1-4-9(2)11-7-5-10(3)6-8-11/h1-11,13,16,22-23H,12H2;9H,4-8H2,1-3H3. The number of allylic oxidation sites excluding steroid dienone is 2. The molecule has 204 valence electrons. The first-order chi connectivity index (χ1) is 18.9. The molecule has 2 aliphatic heterocycles. The van der Waals surface area contributed by atoms with Crippen molar-refractivity contribution in [1.82, 2.24) is 24.6 Å². The molecule has 0 spiro atoms. The van der Waals surface area contributed by atoms with Gasteiger partial charge in [0.25, 0.3) is 0 Å². The lowest BCUT2D eigenvalue weighted by Crippen LogP contribution is -2.47. The van der Waals surface area contributed by atoms with Gasteiger partial charge in [-0.2, -0.15) is 5.10 Å². The van der Waals surface area contributed by atoms with Crippen molar-refractivity contribution in [3.8, 4) is 0 Å². The quantitative estimate of drug-likeness (QED) is 0.274. The van der Waals surface area contributed by atoms with E-state index in [1.165, 1.54) is 49.0 Å². The van der Waals surface area contributed by atoms with Gasteiger partial charge in [0.2, 0.25) is 0 Å². The minimum absolute atomic E-state index is 0.139. The smallest absolute Gasteiger partial charge is 0.148 e. The number of nitrogens with zero attached hydrogens (tertiary/aromatic N) is 5. The Balaban J connectivity index is 0.000000270. The fraction of sp³-hybridized carbons (Fsp3) is 0.367. The summed E-state index contributed by atoms with van der Waals surface area (Å²) in [5.74, 6) is 0.207. The summed E-state index contributed by atoms with van der Waals surface area (Å²) in [5, 5.41) is 21.9. The van der Waals surface area contributed by atoms with E-state index in [1.807, 2.05) is 48.6 Å². The van der Waals surface area contributed by atoms with Crippen LogP contribution in [-0.4, -0.2) is 81.2 Å². The Morgan fingerprint density at radius 2 is 1.97 bits per heavy atom. The van der Waals surface area contributed by atoms with Crippen LogP contribution < -0.4 is 5.49 Å². The van der Waals surface area contributed by atoms with Crippen molar-refractivity contribution in [1.29, 1.82) is 10.8 Å². The minimum atomic E-state index is -0.239. The predicted octanol–water partition coefficient (Wildman–Crippen LogP) is 4.22. The van der Waals surface area contributed by atoms with Crippen molar-refractivity contribution in [2.45, 2.75) is 38.0 Å². The third-order valence-corrected chi connectivity index (χ3v) is 8.22. The maximum Gasteiger partial charge on any atom is 0.148 e. The third kappa shape index (κ3) is 7.59. The molecule has 2 N–H and O–H groups in total. The molecule has 9 heteroatoms. The molecule has 0 saturated carbocycles. The minimum Gasteiger partial charge on any atom is -0.304 e. The van der Waals surface area contributed by atoms with Crippen LogP contribution >= 0.6 is 11.8 Å². The first-order valence-corrected chi connectivity index (χ1v) is 14.3. The summed E-state index contributed by atoms with van der Waals surface area (Å²) >= 11 is 1.41. The van der Waals surface area contributed by atoms with Gasteiger partial charge in [0.1, 0.15) is 17.6 Å². The van der Waals surface area contributed by atoms with E-state index in [1.54, 1.807) is 18.3 Å². The lowest BCUT2D eigenvalue weighted by Gasteiger charge is -2.36. The fourth-order valence-electron chi connectivity index (χ4n) is 4.48. The van der Waals surface area contributed by atoms with Gasteiger partial charge in [-0.1, -0.05) is 31.2 Å². The summed E-state index contributed by atoms with van der Waals surface area (Å²) in [6.45, 7) is 9.58. The number of aromatic nitrogens is 3. The van der Waals surface area contributed by atoms with Gasteiger partial charge in [-0.25, -0.2) is 4.68 Å². The van der Waals surface area contributed by atoms with Crippen LogP contribution in [-0.2, 0) is 11.2 Å². The van der Waals surface area contributed by atoms with Gasteiger partial charge in [-0.05, 0) is 62.4 Å². The Kier molecular flexibility index (Phi) is 9.97. The lowest BCUT2D eigenvalue weighted by atomic mass is 10.1. The Labute approximate surface area is 234 Å². The van der Waals surface area contributed by atoms with E-state index in [0.717, 1.165) is 33.7 Å². The van der Waals surface area contributed by atoms with Gasteiger partial charge in [0.05, 0.1) is 16.5 Å². The number of hydrogen-bond acceptors (Lipinski definition) is 8. The number of fused-ring (bicyclic) bond motifs is 1. The average molecular weight is 544 g/mol. The van der Waals surface area contributed by atoms with Crippen LogP contribution in [0.1, 0.15) is 31.5 Å². The Bertz CT molecular complexity index is 1420. The van der Waals surface area contributed by atoms with Crippen LogP contribution in [0.15, 0.2) is 66.9 Å². The summed E-state index contributed by atoms with van der Waals surface area (Å²) in [7, 11) is 2.20. The molecule has 2 aliphatic rings. The highest BCUT2D eigenvalue weighted by Gasteiger charge is 2.17. The summed E-state index contributed by atoms with van der Waals surface area (Å²) < 4.78 is 1.33. The summed E-state index contributed by atoms with van der Waals surface area (Å²) in [6, 6.07) is 13.9. The molecule has 1 fully saturated rings. The number of nitrogens with one attached hydrogen (secondary N) is 2. The van der Waals surface area contributed by atoms with Crippen molar-refractivity contribution in [2.75, 3.05) is 33.2 Å². The molecule has 0 radical (unpaired) electrons. The fourth-order valence-corrected chi connectivity index (χ4v) is 5.39. The molecule has 0 amide bonds. The Morgan fingerprint density at radius 3 is 2.72 bits per heavy atom. The van der Waals surface area contributed by atoms with Crippen molar-refractivity contribution >= 4 is 39.7 Å². The van der Waals surface area contributed by atoms with E-state index in [-0.39, 0.29) is 16.6 Å².